The third-order valence-corrected chi connectivity index (χ3v) is 4.16. The molecule has 1 heterocycles. The van der Waals surface area contributed by atoms with E-state index < -0.39 is 5.54 Å². The van der Waals surface area contributed by atoms with E-state index in [0.717, 1.165) is 19.3 Å². The number of nitrogens with zero attached hydrogens (tertiary/aromatic N) is 2. The molecular weight excluding hydrogens is 306 g/mol. The van der Waals surface area contributed by atoms with Crippen molar-refractivity contribution < 1.29 is 14.0 Å². The summed E-state index contributed by atoms with van der Waals surface area (Å²) in [6.07, 6.45) is 2.84. The third kappa shape index (κ3) is 2.53. The zero-order chi connectivity index (χ0) is 15.7. The maximum absolute atomic E-state index is 6.26. The molecule has 0 spiro atoms. The van der Waals surface area contributed by atoms with Gasteiger partial charge in [-0.3, -0.25) is 0 Å². The molecule has 1 fully saturated rings. The van der Waals surface area contributed by atoms with Gasteiger partial charge in [-0.15, -0.1) is 0 Å². The van der Waals surface area contributed by atoms with Crippen molar-refractivity contribution in [3.63, 3.8) is 0 Å². The van der Waals surface area contributed by atoms with Crippen molar-refractivity contribution in [1.29, 1.82) is 0 Å². The fourth-order valence-electron chi connectivity index (χ4n) is 2.45. The number of nitrogens with two attached hydrogens (primary N) is 1. The Morgan fingerprint density at radius 3 is 2.77 bits per heavy atom. The summed E-state index contributed by atoms with van der Waals surface area (Å²) in [4.78, 5) is 4.41. The fraction of sp³-hybridized carbons (Fsp3) is 0.467. The quantitative estimate of drug-likeness (QED) is 0.910. The Morgan fingerprint density at radius 1 is 1.41 bits per heavy atom. The Hall–Kier alpha value is -1.79. The van der Waals surface area contributed by atoms with Crippen molar-refractivity contribution in [3.05, 3.63) is 23.0 Å². The molecule has 1 saturated carbocycles. The minimum atomic E-state index is -0.457. The minimum absolute atomic E-state index is 0.370. The van der Waals surface area contributed by atoms with E-state index >= 15 is 0 Å². The first-order chi connectivity index (χ1) is 10.6. The van der Waals surface area contributed by atoms with Gasteiger partial charge in [0.2, 0.25) is 0 Å². The lowest BCUT2D eigenvalue weighted by molar-refractivity contribution is 0.229. The predicted molar refractivity (Wildman–Crippen MR) is 82.2 cm³/mol. The second kappa shape index (κ2) is 5.78. The van der Waals surface area contributed by atoms with Gasteiger partial charge in [0, 0.05) is 5.56 Å². The zero-order valence-electron chi connectivity index (χ0n) is 12.6. The van der Waals surface area contributed by atoms with Crippen LogP contribution in [0.1, 0.15) is 32.0 Å². The van der Waals surface area contributed by atoms with E-state index in [1.54, 1.807) is 19.2 Å². The Morgan fingerprint density at radius 2 is 2.18 bits per heavy atom. The number of ether oxygens (including phenoxy) is 2. The van der Waals surface area contributed by atoms with Crippen molar-refractivity contribution in [1.82, 2.24) is 10.1 Å². The summed E-state index contributed by atoms with van der Waals surface area (Å²) in [5, 5.41) is 4.44. The largest absolute Gasteiger partial charge is 0.493 e. The van der Waals surface area contributed by atoms with Crippen molar-refractivity contribution in [2.24, 2.45) is 5.73 Å². The van der Waals surface area contributed by atoms with Gasteiger partial charge in [-0.2, -0.15) is 4.98 Å². The number of benzene rings is 1. The molecule has 1 aromatic heterocycles. The Kier molecular flexibility index (Phi) is 3.97. The van der Waals surface area contributed by atoms with E-state index in [0.29, 0.717) is 40.4 Å². The summed E-state index contributed by atoms with van der Waals surface area (Å²) in [5.74, 6) is 1.94. The molecule has 22 heavy (non-hydrogen) atoms. The van der Waals surface area contributed by atoms with E-state index in [4.69, 9.17) is 31.3 Å². The molecule has 0 aliphatic heterocycles. The summed E-state index contributed by atoms with van der Waals surface area (Å²) < 4.78 is 16.1. The molecule has 3 rings (SSSR count). The van der Waals surface area contributed by atoms with Crippen LogP contribution in [0.2, 0.25) is 5.02 Å². The Labute approximate surface area is 133 Å². The standard InChI is InChI=1S/C15H18ClN3O3/c1-3-21-12-10(16)7-9(8-11(12)20-2)13-18-14(19-22-13)15(17)5-4-6-15/h7-8H,3-6,17H2,1-2H3. The van der Waals surface area contributed by atoms with Crippen LogP contribution >= 0.6 is 11.6 Å². The second-order valence-corrected chi connectivity index (χ2v) is 5.76. The molecule has 118 valence electrons. The second-order valence-electron chi connectivity index (χ2n) is 5.36. The van der Waals surface area contributed by atoms with Crippen LogP contribution < -0.4 is 15.2 Å². The molecule has 0 atom stereocenters. The zero-order valence-corrected chi connectivity index (χ0v) is 13.3. The first kappa shape index (κ1) is 15.1. The normalized spacial score (nSPS) is 16.2. The number of aromatic nitrogens is 2. The number of hydrogen-bond donors (Lipinski definition) is 1. The van der Waals surface area contributed by atoms with E-state index in [-0.39, 0.29) is 0 Å². The van der Waals surface area contributed by atoms with Crippen molar-refractivity contribution >= 4 is 11.6 Å². The van der Waals surface area contributed by atoms with Crippen LogP contribution in [0.3, 0.4) is 0 Å². The number of methoxy groups -OCH3 is 1. The van der Waals surface area contributed by atoms with E-state index in [1.807, 2.05) is 6.92 Å². The molecule has 1 aliphatic rings. The monoisotopic (exact) mass is 323 g/mol. The highest BCUT2D eigenvalue weighted by molar-refractivity contribution is 6.32. The number of halogens is 1. The number of hydrogen-bond acceptors (Lipinski definition) is 6. The molecule has 0 amide bonds. The smallest absolute Gasteiger partial charge is 0.258 e. The first-order valence-corrected chi connectivity index (χ1v) is 7.59. The van der Waals surface area contributed by atoms with Crippen LogP contribution in [-0.2, 0) is 5.54 Å². The molecule has 0 radical (unpaired) electrons. The maximum atomic E-state index is 6.26. The van der Waals surface area contributed by atoms with Crippen LogP contribution in [-0.4, -0.2) is 23.9 Å². The lowest BCUT2D eigenvalue weighted by Crippen LogP contribution is -2.44. The summed E-state index contributed by atoms with van der Waals surface area (Å²) in [5.41, 5.74) is 6.43. The van der Waals surface area contributed by atoms with Crippen LogP contribution in [0.5, 0.6) is 11.5 Å². The van der Waals surface area contributed by atoms with Crippen LogP contribution in [0, 0.1) is 0 Å². The van der Waals surface area contributed by atoms with Gasteiger partial charge >= 0.3 is 0 Å². The minimum Gasteiger partial charge on any atom is -0.493 e. The maximum Gasteiger partial charge on any atom is 0.258 e. The molecule has 1 aromatic carbocycles. The molecule has 0 unspecified atom stereocenters. The van der Waals surface area contributed by atoms with Crippen molar-refractivity contribution in [3.8, 4) is 23.0 Å². The number of rotatable bonds is 5. The molecule has 2 aromatic rings. The van der Waals surface area contributed by atoms with Gasteiger partial charge in [0.1, 0.15) is 0 Å². The summed E-state index contributed by atoms with van der Waals surface area (Å²) in [7, 11) is 1.56. The molecule has 6 nitrogen and oxygen atoms in total. The van der Waals surface area contributed by atoms with Crippen molar-refractivity contribution in [2.45, 2.75) is 31.7 Å². The highest BCUT2D eigenvalue weighted by atomic mass is 35.5. The van der Waals surface area contributed by atoms with Crippen LogP contribution in [0.4, 0.5) is 0 Å². The van der Waals surface area contributed by atoms with Gasteiger partial charge in [-0.1, -0.05) is 16.8 Å². The topological polar surface area (TPSA) is 83.4 Å². The third-order valence-electron chi connectivity index (χ3n) is 3.88. The van der Waals surface area contributed by atoms with Crippen molar-refractivity contribution in [2.75, 3.05) is 13.7 Å². The SMILES string of the molecule is CCOc1c(Cl)cc(-c2nc(C3(N)CCC3)no2)cc1OC. The summed E-state index contributed by atoms with van der Waals surface area (Å²) in [6, 6.07) is 3.48. The molecule has 7 heteroatoms. The van der Waals surface area contributed by atoms with Crippen LogP contribution in [0.25, 0.3) is 11.5 Å². The van der Waals surface area contributed by atoms with E-state index in [9.17, 15) is 0 Å². The van der Waals surface area contributed by atoms with Gasteiger partial charge < -0.3 is 19.7 Å². The molecular formula is C15H18ClN3O3. The lowest BCUT2D eigenvalue weighted by Gasteiger charge is -2.34. The van der Waals surface area contributed by atoms with Gasteiger partial charge in [-0.05, 0) is 38.3 Å². The van der Waals surface area contributed by atoms with E-state index in [1.165, 1.54) is 0 Å². The Bertz CT molecular complexity index is 683. The fourth-order valence-corrected chi connectivity index (χ4v) is 2.72. The average Bonchev–Trinajstić information content (AvgIpc) is 2.97. The summed E-state index contributed by atoms with van der Waals surface area (Å²) >= 11 is 6.26. The Balaban J connectivity index is 1.96. The predicted octanol–water partition coefficient (Wildman–Crippen LogP) is 3.14. The van der Waals surface area contributed by atoms with Gasteiger partial charge in [-0.25, -0.2) is 0 Å². The highest BCUT2D eigenvalue weighted by Gasteiger charge is 2.39. The van der Waals surface area contributed by atoms with E-state index in [2.05, 4.69) is 10.1 Å². The highest BCUT2D eigenvalue weighted by Crippen LogP contribution is 2.41. The molecule has 2 N–H and O–H groups in total. The van der Waals surface area contributed by atoms with Gasteiger partial charge in [0.15, 0.2) is 17.3 Å². The van der Waals surface area contributed by atoms with Gasteiger partial charge in [0.05, 0.1) is 24.3 Å². The lowest BCUT2D eigenvalue weighted by atomic mass is 9.77. The first-order valence-electron chi connectivity index (χ1n) is 7.21. The molecule has 1 aliphatic carbocycles. The molecule has 0 saturated heterocycles. The van der Waals surface area contributed by atoms with Gasteiger partial charge in [0.25, 0.3) is 5.89 Å². The average molecular weight is 324 g/mol. The summed E-state index contributed by atoms with van der Waals surface area (Å²) in [6.45, 7) is 2.38. The van der Waals surface area contributed by atoms with Crippen LogP contribution in [0.15, 0.2) is 16.7 Å². The molecule has 0 bridgehead atoms.